The van der Waals surface area contributed by atoms with E-state index in [4.69, 9.17) is 21.1 Å². The number of amides is 1. The molecule has 2 heterocycles. The Balaban J connectivity index is 1.84. The Hall–Kier alpha value is -1.95. The standard InChI is InChI=1S/C14H14ClNO5/c1-14(13(18)19)2-3-16(6-14)12(17)8-4-9(15)11-10(5-8)20-7-21-11/h4-5H,2-3,6-7H2,1H3,(H,18,19)/t14-/m1/s1. The third kappa shape index (κ3) is 2.29. The molecule has 0 unspecified atom stereocenters. The molecular formula is C14H14ClNO5. The van der Waals surface area contributed by atoms with Crippen LogP contribution in [0.1, 0.15) is 23.7 Å². The lowest BCUT2D eigenvalue weighted by atomic mass is 9.90. The predicted octanol–water partition coefficient (Wildman–Crippen LogP) is 2.01. The minimum absolute atomic E-state index is 0.0769. The van der Waals surface area contributed by atoms with Crippen molar-refractivity contribution in [1.29, 1.82) is 0 Å². The van der Waals surface area contributed by atoms with E-state index in [1.165, 1.54) is 11.0 Å². The van der Waals surface area contributed by atoms with Gasteiger partial charge in [0, 0.05) is 18.7 Å². The van der Waals surface area contributed by atoms with Crippen molar-refractivity contribution in [3.8, 4) is 11.5 Å². The van der Waals surface area contributed by atoms with Gasteiger partial charge >= 0.3 is 5.97 Å². The van der Waals surface area contributed by atoms with Gasteiger partial charge in [0.25, 0.3) is 5.91 Å². The summed E-state index contributed by atoms with van der Waals surface area (Å²) in [5.74, 6) is -0.266. The summed E-state index contributed by atoms with van der Waals surface area (Å²) in [7, 11) is 0. The van der Waals surface area contributed by atoms with Crippen molar-refractivity contribution >= 4 is 23.5 Å². The largest absolute Gasteiger partial charge is 0.481 e. The van der Waals surface area contributed by atoms with Gasteiger partial charge in [0.15, 0.2) is 11.5 Å². The number of halogens is 1. The van der Waals surface area contributed by atoms with Crippen molar-refractivity contribution in [2.24, 2.45) is 5.41 Å². The molecule has 3 rings (SSSR count). The van der Waals surface area contributed by atoms with E-state index in [0.29, 0.717) is 35.1 Å². The first-order chi connectivity index (χ1) is 9.90. The molecule has 2 aliphatic rings. The maximum atomic E-state index is 12.5. The van der Waals surface area contributed by atoms with Crippen molar-refractivity contribution in [3.63, 3.8) is 0 Å². The number of benzene rings is 1. The molecule has 1 aromatic rings. The fourth-order valence-electron chi connectivity index (χ4n) is 2.58. The highest BCUT2D eigenvalue weighted by Gasteiger charge is 2.42. The van der Waals surface area contributed by atoms with Crippen molar-refractivity contribution in [2.75, 3.05) is 19.9 Å². The zero-order valence-corrected chi connectivity index (χ0v) is 12.1. The van der Waals surface area contributed by atoms with Gasteiger partial charge in [-0.15, -0.1) is 0 Å². The van der Waals surface area contributed by atoms with E-state index in [-0.39, 0.29) is 19.2 Å². The van der Waals surface area contributed by atoms with Crippen LogP contribution in [-0.2, 0) is 4.79 Å². The van der Waals surface area contributed by atoms with Crippen LogP contribution in [0.5, 0.6) is 11.5 Å². The smallest absolute Gasteiger partial charge is 0.311 e. The van der Waals surface area contributed by atoms with Crippen LogP contribution in [-0.4, -0.2) is 41.8 Å². The van der Waals surface area contributed by atoms with Gasteiger partial charge < -0.3 is 19.5 Å². The van der Waals surface area contributed by atoms with Gasteiger partial charge in [-0.25, -0.2) is 0 Å². The number of fused-ring (bicyclic) bond motifs is 1. The molecule has 1 saturated heterocycles. The molecule has 0 aromatic heterocycles. The second-order valence-corrected chi connectivity index (χ2v) is 5.94. The first-order valence-corrected chi connectivity index (χ1v) is 6.90. The molecule has 2 aliphatic heterocycles. The summed E-state index contributed by atoms with van der Waals surface area (Å²) in [5, 5.41) is 9.53. The highest BCUT2D eigenvalue weighted by atomic mass is 35.5. The molecule has 0 spiro atoms. The highest BCUT2D eigenvalue weighted by Crippen LogP contribution is 2.40. The fourth-order valence-corrected chi connectivity index (χ4v) is 2.85. The Labute approximate surface area is 126 Å². The van der Waals surface area contributed by atoms with Crippen LogP contribution < -0.4 is 9.47 Å². The first kappa shape index (κ1) is 14.0. The Morgan fingerprint density at radius 2 is 2.14 bits per heavy atom. The van der Waals surface area contributed by atoms with E-state index in [9.17, 15) is 14.7 Å². The van der Waals surface area contributed by atoms with Crippen molar-refractivity contribution < 1.29 is 24.2 Å². The Kier molecular flexibility index (Phi) is 3.20. The van der Waals surface area contributed by atoms with E-state index in [1.807, 2.05) is 0 Å². The average Bonchev–Trinajstić information content (AvgIpc) is 3.05. The quantitative estimate of drug-likeness (QED) is 0.904. The maximum Gasteiger partial charge on any atom is 0.311 e. The first-order valence-electron chi connectivity index (χ1n) is 6.52. The molecule has 1 atom stereocenters. The molecule has 1 amide bonds. The molecule has 0 saturated carbocycles. The second-order valence-electron chi connectivity index (χ2n) is 5.53. The second kappa shape index (κ2) is 4.80. The SMILES string of the molecule is C[C@@]1(C(=O)O)CCN(C(=O)c2cc(Cl)c3c(c2)OCO3)C1. The van der Waals surface area contributed by atoms with Gasteiger partial charge in [-0.1, -0.05) is 11.6 Å². The fraction of sp³-hybridized carbons (Fsp3) is 0.429. The van der Waals surface area contributed by atoms with Crippen molar-refractivity contribution in [3.05, 3.63) is 22.7 Å². The lowest BCUT2D eigenvalue weighted by Gasteiger charge is -2.20. The predicted molar refractivity (Wildman–Crippen MR) is 73.8 cm³/mol. The molecule has 112 valence electrons. The molecule has 1 N–H and O–H groups in total. The molecule has 1 aromatic carbocycles. The Bertz CT molecular complexity index is 632. The van der Waals surface area contributed by atoms with Gasteiger partial charge in [0.05, 0.1) is 10.4 Å². The van der Waals surface area contributed by atoms with Crippen molar-refractivity contribution in [1.82, 2.24) is 4.90 Å². The van der Waals surface area contributed by atoms with Gasteiger partial charge in [-0.2, -0.15) is 0 Å². The molecule has 0 radical (unpaired) electrons. The summed E-state index contributed by atoms with van der Waals surface area (Å²) in [6.07, 6.45) is 0.437. The number of aliphatic carboxylic acids is 1. The molecule has 6 nitrogen and oxygen atoms in total. The Morgan fingerprint density at radius 1 is 1.38 bits per heavy atom. The van der Waals surface area contributed by atoms with Crippen LogP contribution in [0, 0.1) is 5.41 Å². The van der Waals surface area contributed by atoms with Crippen LogP contribution in [0.4, 0.5) is 0 Å². The van der Waals surface area contributed by atoms with Crippen LogP contribution in [0.3, 0.4) is 0 Å². The summed E-state index contributed by atoms with van der Waals surface area (Å²) in [5.41, 5.74) is -0.519. The van der Waals surface area contributed by atoms with Gasteiger partial charge in [0.1, 0.15) is 0 Å². The summed E-state index contributed by atoms with van der Waals surface area (Å²) in [4.78, 5) is 25.3. The third-order valence-corrected chi connectivity index (χ3v) is 4.23. The number of nitrogens with zero attached hydrogens (tertiary/aromatic N) is 1. The van der Waals surface area contributed by atoms with Crippen LogP contribution in [0.25, 0.3) is 0 Å². The molecule has 7 heteroatoms. The molecule has 0 aliphatic carbocycles. The van der Waals surface area contributed by atoms with Crippen LogP contribution >= 0.6 is 11.6 Å². The monoisotopic (exact) mass is 311 g/mol. The number of hydrogen-bond acceptors (Lipinski definition) is 4. The number of ether oxygens (including phenoxy) is 2. The lowest BCUT2D eigenvalue weighted by Crippen LogP contribution is -2.34. The van der Waals surface area contributed by atoms with E-state index in [0.717, 1.165) is 0 Å². The molecular weight excluding hydrogens is 298 g/mol. The topological polar surface area (TPSA) is 76.1 Å². The minimum Gasteiger partial charge on any atom is -0.481 e. The number of carboxylic acids is 1. The van der Waals surface area contributed by atoms with E-state index in [1.54, 1.807) is 13.0 Å². The van der Waals surface area contributed by atoms with E-state index < -0.39 is 11.4 Å². The van der Waals surface area contributed by atoms with Crippen molar-refractivity contribution in [2.45, 2.75) is 13.3 Å². The zero-order valence-electron chi connectivity index (χ0n) is 11.4. The number of rotatable bonds is 2. The lowest BCUT2D eigenvalue weighted by molar-refractivity contribution is -0.147. The van der Waals surface area contributed by atoms with Gasteiger partial charge in [0.2, 0.25) is 6.79 Å². The summed E-state index contributed by atoms with van der Waals surface area (Å²) in [6, 6.07) is 3.10. The van der Waals surface area contributed by atoms with Crippen LogP contribution in [0.2, 0.25) is 5.02 Å². The van der Waals surface area contributed by atoms with Crippen LogP contribution in [0.15, 0.2) is 12.1 Å². The van der Waals surface area contributed by atoms with E-state index in [2.05, 4.69) is 0 Å². The molecule has 1 fully saturated rings. The summed E-state index contributed by atoms with van der Waals surface area (Å²) < 4.78 is 10.4. The normalized spacial score (nSPS) is 23.4. The minimum atomic E-state index is -0.893. The molecule has 21 heavy (non-hydrogen) atoms. The van der Waals surface area contributed by atoms with Gasteiger partial charge in [-0.05, 0) is 25.5 Å². The summed E-state index contributed by atoms with van der Waals surface area (Å²) in [6.45, 7) is 2.32. The maximum absolute atomic E-state index is 12.5. The van der Waals surface area contributed by atoms with E-state index >= 15 is 0 Å². The number of hydrogen-bond donors (Lipinski definition) is 1. The molecule has 0 bridgehead atoms. The average molecular weight is 312 g/mol. The van der Waals surface area contributed by atoms with Gasteiger partial charge in [-0.3, -0.25) is 9.59 Å². The summed E-state index contributed by atoms with van der Waals surface area (Å²) >= 11 is 6.06. The highest BCUT2D eigenvalue weighted by molar-refractivity contribution is 6.32. The number of likely N-dealkylation sites (tertiary alicyclic amines) is 1. The Morgan fingerprint density at radius 3 is 2.81 bits per heavy atom. The number of carboxylic acid groups (broad SMARTS) is 1. The third-order valence-electron chi connectivity index (χ3n) is 3.95. The number of carbonyl (C=O) groups is 2. The number of carbonyl (C=O) groups excluding carboxylic acids is 1. The zero-order chi connectivity index (χ0) is 15.2.